The predicted octanol–water partition coefficient (Wildman–Crippen LogP) is 3.89. The second-order valence-corrected chi connectivity index (χ2v) is 7.34. The van der Waals surface area contributed by atoms with Crippen molar-refractivity contribution in [1.82, 2.24) is 19.9 Å². The Balaban J connectivity index is 1.45. The molecule has 1 aliphatic heterocycles. The molecule has 0 saturated carbocycles. The van der Waals surface area contributed by atoms with Gasteiger partial charge >= 0.3 is 6.18 Å². The molecule has 4 heterocycles. The Labute approximate surface area is 157 Å². The highest BCUT2D eigenvalue weighted by Gasteiger charge is 2.34. The highest BCUT2D eigenvalue weighted by molar-refractivity contribution is 7.17. The maximum atomic E-state index is 13.0. The number of fused-ring (bicyclic) bond motifs is 1. The Bertz CT molecular complexity index is 949. The summed E-state index contributed by atoms with van der Waals surface area (Å²) in [5, 5.41) is 5.42. The van der Waals surface area contributed by atoms with Crippen LogP contribution in [-0.2, 0) is 6.18 Å². The summed E-state index contributed by atoms with van der Waals surface area (Å²) >= 11 is 1.58. The van der Waals surface area contributed by atoms with Gasteiger partial charge in [-0.2, -0.15) is 13.2 Å². The molecule has 1 N–H and O–H groups in total. The Morgan fingerprint density at radius 2 is 1.96 bits per heavy atom. The van der Waals surface area contributed by atoms with Crippen molar-refractivity contribution in [3.63, 3.8) is 0 Å². The molecule has 4 rings (SSSR count). The predicted molar refractivity (Wildman–Crippen MR) is 98.0 cm³/mol. The maximum Gasteiger partial charge on any atom is 0.433 e. The fourth-order valence-corrected chi connectivity index (χ4v) is 3.99. The number of rotatable bonds is 3. The van der Waals surface area contributed by atoms with E-state index in [4.69, 9.17) is 0 Å². The standard InChI is InChI=1S/C17H17F3N6S/c1-10-23-13(17(18,19)20)8-14(24-10)26-5-2-11(3-6-26)25-16-15-12(4-7-27-15)21-9-22-16/h4,7-9,11H,2-3,5-6H2,1H3,(H,21,22,25). The summed E-state index contributed by atoms with van der Waals surface area (Å²) in [5.74, 6) is 1.27. The van der Waals surface area contributed by atoms with E-state index >= 15 is 0 Å². The molecule has 1 aliphatic rings. The van der Waals surface area contributed by atoms with Gasteiger partial charge in [-0.3, -0.25) is 0 Å². The maximum absolute atomic E-state index is 13.0. The molecule has 0 atom stereocenters. The number of thiophene rings is 1. The van der Waals surface area contributed by atoms with Crippen LogP contribution in [0, 0.1) is 6.92 Å². The summed E-state index contributed by atoms with van der Waals surface area (Å²) in [6.07, 6.45) is -1.38. The monoisotopic (exact) mass is 394 g/mol. The van der Waals surface area contributed by atoms with Gasteiger partial charge in [0.25, 0.3) is 0 Å². The van der Waals surface area contributed by atoms with Crippen molar-refractivity contribution in [2.24, 2.45) is 0 Å². The van der Waals surface area contributed by atoms with E-state index in [-0.39, 0.29) is 11.9 Å². The topological polar surface area (TPSA) is 66.8 Å². The molecule has 10 heteroatoms. The Hall–Kier alpha value is -2.49. The first-order valence-electron chi connectivity index (χ1n) is 8.53. The van der Waals surface area contributed by atoms with Crippen molar-refractivity contribution in [2.45, 2.75) is 32.0 Å². The van der Waals surface area contributed by atoms with Gasteiger partial charge in [0.1, 0.15) is 29.5 Å². The number of anilines is 2. The summed E-state index contributed by atoms with van der Waals surface area (Å²) in [5.41, 5.74) is 0.0115. The number of piperidine rings is 1. The van der Waals surface area contributed by atoms with Gasteiger partial charge in [0, 0.05) is 25.2 Å². The lowest BCUT2D eigenvalue weighted by molar-refractivity contribution is -0.141. The highest BCUT2D eigenvalue weighted by Crippen LogP contribution is 2.31. The lowest BCUT2D eigenvalue weighted by Crippen LogP contribution is -2.40. The Kier molecular flexibility index (Phi) is 4.58. The molecule has 0 aromatic carbocycles. The van der Waals surface area contributed by atoms with Crippen molar-refractivity contribution in [1.29, 1.82) is 0 Å². The molecule has 6 nitrogen and oxygen atoms in total. The van der Waals surface area contributed by atoms with E-state index in [1.165, 1.54) is 13.3 Å². The van der Waals surface area contributed by atoms with Crippen molar-refractivity contribution in [2.75, 3.05) is 23.3 Å². The van der Waals surface area contributed by atoms with E-state index in [9.17, 15) is 13.2 Å². The van der Waals surface area contributed by atoms with Crippen LogP contribution in [0.2, 0.25) is 0 Å². The first-order valence-corrected chi connectivity index (χ1v) is 9.41. The van der Waals surface area contributed by atoms with Crippen LogP contribution in [0.4, 0.5) is 24.8 Å². The smallest absolute Gasteiger partial charge is 0.366 e. The van der Waals surface area contributed by atoms with Gasteiger partial charge in [0.15, 0.2) is 0 Å². The van der Waals surface area contributed by atoms with E-state index < -0.39 is 11.9 Å². The van der Waals surface area contributed by atoms with Crippen LogP contribution in [0.5, 0.6) is 0 Å². The number of nitrogens with one attached hydrogen (secondary N) is 1. The second kappa shape index (κ2) is 6.91. The first kappa shape index (κ1) is 17.9. The normalized spacial score (nSPS) is 16.1. The molecule has 3 aromatic heterocycles. The summed E-state index contributed by atoms with van der Waals surface area (Å²) in [7, 11) is 0. The molecule has 1 saturated heterocycles. The second-order valence-electron chi connectivity index (χ2n) is 6.42. The SMILES string of the molecule is Cc1nc(N2CCC(Nc3ncnc4ccsc34)CC2)cc(C(F)(F)F)n1. The molecule has 0 radical (unpaired) electrons. The minimum absolute atomic E-state index is 0.126. The van der Waals surface area contributed by atoms with Gasteiger partial charge in [-0.1, -0.05) is 0 Å². The van der Waals surface area contributed by atoms with Crippen molar-refractivity contribution >= 4 is 33.2 Å². The van der Waals surface area contributed by atoms with Crippen LogP contribution < -0.4 is 10.2 Å². The lowest BCUT2D eigenvalue weighted by atomic mass is 10.0. The van der Waals surface area contributed by atoms with Crippen LogP contribution in [0.1, 0.15) is 24.4 Å². The molecular formula is C17H17F3N6S. The molecule has 142 valence electrons. The zero-order valence-electron chi connectivity index (χ0n) is 14.5. The van der Waals surface area contributed by atoms with E-state index in [2.05, 4.69) is 25.3 Å². The molecular weight excluding hydrogens is 377 g/mol. The molecule has 3 aromatic rings. The van der Waals surface area contributed by atoms with Crippen LogP contribution in [0.15, 0.2) is 23.8 Å². The number of nitrogens with zero attached hydrogens (tertiary/aromatic N) is 5. The molecule has 27 heavy (non-hydrogen) atoms. The number of hydrogen-bond donors (Lipinski definition) is 1. The quantitative estimate of drug-likeness (QED) is 0.727. The zero-order chi connectivity index (χ0) is 19.0. The Morgan fingerprint density at radius 3 is 2.70 bits per heavy atom. The molecule has 0 unspecified atom stereocenters. The molecule has 1 fully saturated rings. The highest BCUT2D eigenvalue weighted by atomic mass is 32.1. The summed E-state index contributed by atoms with van der Waals surface area (Å²) < 4.78 is 40.0. The molecule has 0 aliphatic carbocycles. The summed E-state index contributed by atoms with van der Waals surface area (Å²) in [6.45, 7) is 2.71. The first-order chi connectivity index (χ1) is 12.9. The van der Waals surface area contributed by atoms with E-state index in [1.54, 1.807) is 11.3 Å². The van der Waals surface area contributed by atoms with Crippen molar-refractivity contribution in [3.05, 3.63) is 35.4 Å². The van der Waals surface area contributed by atoms with E-state index in [0.717, 1.165) is 34.9 Å². The van der Waals surface area contributed by atoms with Crippen LogP contribution >= 0.6 is 11.3 Å². The van der Waals surface area contributed by atoms with Crippen molar-refractivity contribution in [3.8, 4) is 0 Å². The minimum Gasteiger partial charge on any atom is -0.366 e. The minimum atomic E-state index is -4.47. The number of aryl methyl sites for hydroxylation is 1. The number of halogens is 3. The number of hydrogen-bond acceptors (Lipinski definition) is 7. The van der Waals surface area contributed by atoms with Gasteiger partial charge in [-0.15, -0.1) is 11.3 Å². The van der Waals surface area contributed by atoms with Crippen LogP contribution in [0.3, 0.4) is 0 Å². The van der Waals surface area contributed by atoms with E-state index in [0.29, 0.717) is 18.9 Å². The average Bonchev–Trinajstić information content (AvgIpc) is 3.11. The van der Waals surface area contributed by atoms with E-state index in [1.807, 2.05) is 16.3 Å². The largest absolute Gasteiger partial charge is 0.433 e. The van der Waals surface area contributed by atoms with Gasteiger partial charge in [0.05, 0.1) is 10.2 Å². The number of aromatic nitrogens is 4. The fraction of sp³-hybridized carbons (Fsp3) is 0.412. The van der Waals surface area contributed by atoms with Gasteiger partial charge < -0.3 is 10.2 Å². The summed E-state index contributed by atoms with van der Waals surface area (Å²) in [6, 6.07) is 3.18. The average molecular weight is 394 g/mol. The van der Waals surface area contributed by atoms with Crippen LogP contribution in [0.25, 0.3) is 10.2 Å². The van der Waals surface area contributed by atoms with Crippen molar-refractivity contribution < 1.29 is 13.2 Å². The van der Waals surface area contributed by atoms with Gasteiger partial charge in [-0.25, -0.2) is 19.9 Å². The lowest BCUT2D eigenvalue weighted by Gasteiger charge is -2.33. The fourth-order valence-electron chi connectivity index (χ4n) is 3.20. The Morgan fingerprint density at radius 1 is 1.19 bits per heavy atom. The molecule has 0 spiro atoms. The zero-order valence-corrected chi connectivity index (χ0v) is 15.3. The third kappa shape index (κ3) is 3.80. The molecule has 0 bridgehead atoms. The number of alkyl halides is 3. The summed E-state index contributed by atoms with van der Waals surface area (Å²) in [4.78, 5) is 18.1. The molecule has 0 amide bonds. The third-order valence-corrected chi connectivity index (χ3v) is 5.43. The third-order valence-electron chi connectivity index (χ3n) is 4.52. The van der Waals surface area contributed by atoms with Gasteiger partial charge in [-0.05, 0) is 31.2 Å². The van der Waals surface area contributed by atoms with Gasteiger partial charge in [0.2, 0.25) is 0 Å². The van der Waals surface area contributed by atoms with Crippen LogP contribution in [-0.4, -0.2) is 39.1 Å².